The third kappa shape index (κ3) is 5.41. The third-order valence-corrected chi connectivity index (χ3v) is 6.71. The molecule has 0 atom stereocenters. The van der Waals surface area contributed by atoms with Crippen molar-refractivity contribution in [3.63, 3.8) is 0 Å². The van der Waals surface area contributed by atoms with Crippen molar-refractivity contribution in [3.05, 3.63) is 28.3 Å². The Bertz CT molecular complexity index is 846. The first-order chi connectivity index (χ1) is 13.2. The Morgan fingerprint density at radius 3 is 2.39 bits per heavy atom. The van der Waals surface area contributed by atoms with Crippen molar-refractivity contribution >= 4 is 27.3 Å². The summed E-state index contributed by atoms with van der Waals surface area (Å²) in [5, 5.41) is 16.9. The molecule has 2 fully saturated rings. The first-order valence-corrected chi connectivity index (χ1v) is 11.1. The van der Waals surface area contributed by atoms with Crippen LogP contribution in [0.3, 0.4) is 0 Å². The van der Waals surface area contributed by atoms with Gasteiger partial charge in [-0.15, -0.1) is 0 Å². The van der Waals surface area contributed by atoms with Gasteiger partial charge in [-0.05, 0) is 56.6 Å². The smallest absolute Gasteiger partial charge is 0.293 e. The Morgan fingerprint density at radius 2 is 1.79 bits per heavy atom. The highest BCUT2D eigenvalue weighted by atomic mass is 32.2. The largest absolute Gasteiger partial charge is 0.371 e. The molecular formula is C18H26N4O5S. The van der Waals surface area contributed by atoms with Gasteiger partial charge in [0.15, 0.2) is 0 Å². The van der Waals surface area contributed by atoms with Gasteiger partial charge in [-0.1, -0.05) is 6.92 Å². The molecular weight excluding hydrogens is 384 g/mol. The van der Waals surface area contributed by atoms with Crippen molar-refractivity contribution in [1.82, 2.24) is 10.0 Å². The molecule has 0 radical (unpaired) electrons. The normalized spacial score (nSPS) is 22.5. The Morgan fingerprint density at radius 1 is 1.14 bits per heavy atom. The van der Waals surface area contributed by atoms with Crippen LogP contribution in [-0.4, -0.2) is 37.9 Å². The molecule has 3 rings (SSSR count). The van der Waals surface area contributed by atoms with E-state index in [1.54, 1.807) is 0 Å². The van der Waals surface area contributed by atoms with Gasteiger partial charge in [-0.25, -0.2) is 13.1 Å². The number of nitro benzene ring substituents is 1. The summed E-state index contributed by atoms with van der Waals surface area (Å²) in [7, 11) is -3.85. The van der Waals surface area contributed by atoms with Crippen LogP contribution in [0.1, 0.15) is 45.4 Å². The topological polar surface area (TPSA) is 130 Å². The second kappa shape index (κ2) is 8.44. The molecule has 2 saturated carbocycles. The first-order valence-electron chi connectivity index (χ1n) is 9.58. The van der Waals surface area contributed by atoms with Crippen molar-refractivity contribution in [3.8, 4) is 0 Å². The van der Waals surface area contributed by atoms with Gasteiger partial charge in [-0.3, -0.25) is 14.9 Å². The summed E-state index contributed by atoms with van der Waals surface area (Å²) < 4.78 is 27.9. The van der Waals surface area contributed by atoms with Crippen molar-refractivity contribution in [2.45, 2.75) is 62.4 Å². The Hall–Kier alpha value is -2.20. The van der Waals surface area contributed by atoms with E-state index in [-0.39, 0.29) is 40.8 Å². The fourth-order valence-corrected chi connectivity index (χ4v) is 4.65. The molecule has 1 aromatic rings. The maximum absolute atomic E-state index is 12.6. The van der Waals surface area contributed by atoms with E-state index in [2.05, 4.69) is 22.3 Å². The monoisotopic (exact) mass is 410 g/mol. The van der Waals surface area contributed by atoms with Gasteiger partial charge in [0.25, 0.3) is 5.69 Å². The molecule has 0 heterocycles. The highest BCUT2D eigenvalue weighted by Crippen LogP contribution is 2.29. The van der Waals surface area contributed by atoms with E-state index < -0.39 is 14.9 Å². The van der Waals surface area contributed by atoms with Gasteiger partial charge in [-0.2, -0.15) is 0 Å². The molecule has 2 aliphatic carbocycles. The van der Waals surface area contributed by atoms with Crippen LogP contribution in [0.4, 0.5) is 11.4 Å². The fourth-order valence-electron chi connectivity index (χ4n) is 3.33. The summed E-state index contributed by atoms with van der Waals surface area (Å²) in [6.07, 6.45) is 5.34. The molecule has 0 aromatic heterocycles. The zero-order valence-corrected chi connectivity index (χ0v) is 16.6. The van der Waals surface area contributed by atoms with Crippen molar-refractivity contribution < 1.29 is 18.1 Å². The quantitative estimate of drug-likeness (QED) is 0.445. The number of rotatable bonds is 8. The van der Waals surface area contributed by atoms with Gasteiger partial charge in [0.05, 0.1) is 16.4 Å². The fraction of sp³-hybridized carbons (Fsp3) is 0.611. The highest BCUT2D eigenvalue weighted by molar-refractivity contribution is 7.89. The molecule has 0 saturated heterocycles. The van der Waals surface area contributed by atoms with E-state index in [4.69, 9.17) is 0 Å². The molecule has 0 spiro atoms. The first kappa shape index (κ1) is 20.5. The molecule has 1 amide bonds. The zero-order chi connectivity index (χ0) is 20.3. The second-order valence-corrected chi connectivity index (χ2v) is 9.42. The number of anilines is 1. The number of nitro groups is 1. The summed E-state index contributed by atoms with van der Waals surface area (Å²) in [5.41, 5.74) is -0.263. The van der Waals surface area contributed by atoms with Gasteiger partial charge in [0, 0.05) is 18.2 Å². The molecule has 1 aromatic carbocycles. The van der Waals surface area contributed by atoms with Crippen molar-refractivity contribution in [1.29, 1.82) is 0 Å². The molecule has 10 heteroatoms. The lowest BCUT2D eigenvalue weighted by molar-refractivity contribution is -0.384. The summed E-state index contributed by atoms with van der Waals surface area (Å²) in [4.78, 5) is 22.4. The summed E-state index contributed by atoms with van der Waals surface area (Å²) in [6.45, 7) is 2.03. The minimum atomic E-state index is -3.85. The molecule has 2 aliphatic rings. The maximum atomic E-state index is 12.6. The molecule has 3 N–H and O–H groups in total. The Labute approximate surface area is 164 Å². The number of nitrogens with one attached hydrogen (secondary N) is 3. The van der Waals surface area contributed by atoms with Crippen LogP contribution in [0.2, 0.25) is 0 Å². The van der Waals surface area contributed by atoms with Crippen LogP contribution in [0.15, 0.2) is 23.1 Å². The van der Waals surface area contributed by atoms with Crippen LogP contribution in [0.25, 0.3) is 0 Å². The van der Waals surface area contributed by atoms with Crippen LogP contribution in [-0.2, 0) is 14.8 Å². The van der Waals surface area contributed by atoms with Crippen molar-refractivity contribution in [2.75, 3.05) is 11.9 Å². The number of sulfonamides is 1. The third-order valence-electron chi connectivity index (χ3n) is 5.20. The molecule has 154 valence electrons. The number of amides is 1. The highest BCUT2D eigenvalue weighted by Gasteiger charge is 2.27. The number of carbonyl (C=O) groups is 1. The lowest BCUT2D eigenvalue weighted by Crippen LogP contribution is -2.37. The zero-order valence-electron chi connectivity index (χ0n) is 15.8. The average molecular weight is 410 g/mol. The maximum Gasteiger partial charge on any atom is 0.293 e. The van der Waals surface area contributed by atoms with Gasteiger partial charge in [0.1, 0.15) is 5.69 Å². The van der Waals surface area contributed by atoms with Gasteiger partial charge in [0.2, 0.25) is 15.9 Å². The van der Waals surface area contributed by atoms with E-state index in [9.17, 15) is 23.3 Å². The minimum Gasteiger partial charge on any atom is -0.371 e. The standard InChI is InChI=1S/C18H26N4O5S/c1-12-2-4-14(5-3-12)21-28(26,27)15-8-9-16(17(10-15)22(24)25)19-11-18(23)20-13-6-7-13/h8-10,12-14,19,21H,2-7,11H2,1H3,(H,20,23). The van der Waals surface area contributed by atoms with Gasteiger partial charge < -0.3 is 10.6 Å². The predicted molar refractivity (Wildman–Crippen MR) is 104 cm³/mol. The molecule has 0 unspecified atom stereocenters. The number of hydrogen-bond donors (Lipinski definition) is 3. The molecule has 0 bridgehead atoms. The molecule has 9 nitrogen and oxygen atoms in total. The number of benzene rings is 1. The van der Waals surface area contributed by atoms with E-state index in [1.807, 2.05) is 0 Å². The minimum absolute atomic E-state index is 0.109. The van der Waals surface area contributed by atoms with Crippen LogP contribution < -0.4 is 15.4 Å². The van der Waals surface area contributed by atoms with Crippen molar-refractivity contribution in [2.24, 2.45) is 5.92 Å². The van der Waals surface area contributed by atoms with Crippen LogP contribution in [0, 0.1) is 16.0 Å². The van der Waals surface area contributed by atoms with E-state index >= 15 is 0 Å². The number of nitrogens with zero attached hydrogens (tertiary/aromatic N) is 1. The lowest BCUT2D eigenvalue weighted by atomic mass is 9.88. The van der Waals surface area contributed by atoms with E-state index in [0.717, 1.165) is 44.6 Å². The summed E-state index contributed by atoms with van der Waals surface area (Å²) >= 11 is 0. The second-order valence-electron chi connectivity index (χ2n) is 7.71. The van der Waals surface area contributed by atoms with Crippen LogP contribution >= 0.6 is 0 Å². The average Bonchev–Trinajstić information content (AvgIpc) is 3.45. The molecule has 0 aliphatic heterocycles. The van der Waals surface area contributed by atoms with Crippen LogP contribution in [0.5, 0.6) is 0 Å². The number of hydrogen-bond acceptors (Lipinski definition) is 6. The number of carbonyl (C=O) groups excluding carboxylic acids is 1. The summed E-state index contributed by atoms with van der Waals surface area (Å²) in [5.74, 6) is 0.339. The van der Waals surface area contributed by atoms with Gasteiger partial charge >= 0.3 is 0 Å². The predicted octanol–water partition coefficient (Wildman–Crippen LogP) is 2.14. The lowest BCUT2D eigenvalue weighted by Gasteiger charge is -2.26. The van der Waals surface area contributed by atoms with E-state index in [1.165, 1.54) is 12.1 Å². The SMILES string of the molecule is CC1CCC(NS(=O)(=O)c2ccc(NCC(=O)NC3CC3)c([N+](=O)[O-])c2)CC1. The summed E-state index contributed by atoms with van der Waals surface area (Å²) in [6, 6.07) is 3.74. The van der Waals surface area contributed by atoms with E-state index in [0.29, 0.717) is 5.92 Å². The Kier molecular flexibility index (Phi) is 6.19. The molecule has 28 heavy (non-hydrogen) atoms. The Balaban J connectivity index is 1.70.